The minimum atomic E-state index is 0.00985. The molecule has 1 aliphatic rings. The molecule has 0 aromatic heterocycles. The number of nitrogens with one attached hydrogen (secondary N) is 2. The second-order valence-corrected chi connectivity index (χ2v) is 4.48. The number of amides is 1. The molecule has 3 N–H and O–H groups in total. The Labute approximate surface area is 94.7 Å². The molecule has 1 unspecified atom stereocenters. The SMILES string of the molecule is CC(C)C1CC(=O)Nc2ccc(O)cc2N1. The second-order valence-electron chi connectivity index (χ2n) is 4.48. The Morgan fingerprint density at radius 2 is 2.12 bits per heavy atom. The number of hydrogen-bond donors (Lipinski definition) is 3. The molecule has 86 valence electrons. The molecule has 16 heavy (non-hydrogen) atoms. The monoisotopic (exact) mass is 220 g/mol. The van der Waals surface area contributed by atoms with Crippen LogP contribution in [0.3, 0.4) is 0 Å². The van der Waals surface area contributed by atoms with Gasteiger partial charge in [0.05, 0.1) is 11.4 Å². The Balaban J connectivity index is 2.36. The average molecular weight is 220 g/mol. The number of hydrogen-bond acceptors (Lipinski definition) is 3. The van der Waals surface area contributed by atoms with Gasteiger partial charge in [0.1, 0.15) is 5.75 Å². The van der Waals surface area contributed by atoms with E-state index in [1.54, 1.807) is 18.2 Å². The Morgan fingerprint density at radius 1 is 1.38 bits per heavy atom. The molecule has 1 aromatic carbocycles. The minimum absolute atomic E-state index is 0.00985. The Morgan fingerprint density at radius 3 is 2.81 bits per heavy atom. The van der Waals surface area contributed by atoms with Crippen LogP contribution in [0.25, 0.3) is 0 Å². The van der Waals surface area contributed by atoms with Crippen LogP contribution in [0.5, 0.6) is 5.75 Å². The fourth-order valence-corrected chi connectivity index (χ4v) is 1.81. The van der Waals surface area contributed by atoms with Gasteiger partial charge in [0.2, 0.25) is 5.91 Å². The number of benzene rings is 1. The van der Waals surface area contributed by atoms with Crippen molar-refractivity contribution < 1.29 is 9.90 Å². The van der Waals surface area contributed by atoms with Crippen molar-refractivity contribution >= 4 is 17.3 Å². The molecule has 0 aliphatic carbocycles. The van der Waals surface area contributed by atoms with Crippen LogP contribution in [0, 0.1) is 5.92 Å². The van der Waals surface area contributed by atoms with Crippen LogP contribution in [0.2, 0.25) is 0 Å². The van der Waals surface area contributed by atoms with E-state index in [0.29, 0.717) is 12.3 Å². The third-order valence-electron chi connectivity index (χ3n) is 2.83. The summed E-state index contributed by atoms with van der Waals surface area (Å²) < 4.78 is 0. The van der Waals surface area contributed by atoms with Crippen LogP contribution in [0.4, 0.5) is 11.4 Å². The second kappa shape index (κ2) is 4.04. The maximum Gasteiger partial charge on any atom is 0.226 e. The summed E-state index contributed by atoms with van der Waals surface area (Å²) in [7, 11) is 0. The summed E-state index contributed by atoms with van der Waals surface area (Å²) in [5.41, 5.74) is 1.51. The molecule has 2 rings (SSSR count). The molecule has 0 saturated carbocycles. The zero-order valence-corrected chi connectivity index (χ0v) is 9.45. The maximum absolute atomic E-state index is 11.6. The molecule has 0 bridgehead atoms. The lowest BCUT2D eigenvalue weighted by Crippen LogP contribution is -2.27. The van der Waals surface area contributed by atoms with E-state index < -0.39 is 0 Å². The number of phenols is 1. The molecule has 1 aliphatic heterocycles. The molecule has 0 radical (unpaired) electrons. The van der Waals surface area contributed by atoms with Gasteiger partial charge in [0.15, 0.2) is 0 Å². The van der Waals surface area contributed by atoms with Crippen molar-refractivity contribution in [3.8, 4) is 5.75 Å². The highest BCUT2D eigenvalue weighted by atomic mass is 16.3. The van der Waals surface area contributed by atoms with Crippen molar-refractivity contribution in [2.45, 2.75) is 26.3 Å². The zero-order valence-electron chi connectivity index (χ0n) is 9.45. The topological polar surface area (TPSA) is 61.4 Å². The lowest BCUT2D eigenvalue weighted by molar-refractivity contribution is -0.116. The maximum atomic E-state index is 11.6. The van der Waals surface area contributed by atoms with Crippen LogP contribution in [0.15, 0.2) is 18.2 Å². The van der Waals surface area contributed by atoms with Gasteiger partial charge in [-0.2, -0.15) is 0 Å². The van der Waals surface area contributed by atoms with Gasteiger partial charge in [-0.15, -0.1) is 0 Å². The first-order chi connectivity index (χ1) is 7.56. The molecule has 0 fully saturated rings. The lowest BCUT2D eigenvalue weighted by atomic mass is 10.0. The summed E-state index contributed by atoms with van der Waals surface area (Å²) in [5, 5.41) is 15.5. The Bertz CT molecular complexity index is 415. The van der Waals surface area contributed by atoms with Crippen LogP contribution in [-0.4, -0.2) is 17.1 Å². The van der Waals surface area contributed by atoms with Crippen LogP contribution >= 0.6 is 0 Å². The predicted molar refractivity (Wildman–Crippen MR) is 63.6 cm³/mol. The Hall–Kier alpha value is -1.71. The molecule has 4 nitrogen and oxygen atoms in total. The highest BCUT2D eigenvalue weighted by molar-refractivity contribution is 5.96. The molecular formula is C12H16N2O2. The fourth-order valence-electron chi connectivity index (χ4n) is 1.81. The van der Waals surface area contributed by atoms with Crippen molar-refractivity contribution in [3.63, 3.8) is 0 Å². The first-order valence-corrected chi connectivity index (χ1v) is 5.45. The van der Waals surface area contributed by atoms with E-state index in [9.17, 15) is 9.90 Å². The molecular weight excluding hydrogens is 204 g/mol. The van der Waals surface area contributed by atoms with E-state index in [0.717, 1.165) is 11.4 Å². The van der Waals surface area contributed by atoms with E-state index in [1.807, 2.05) is 0 Å². The largest absolute Gasteiger partial charge is 0.508 e. The predicted octanol–water partition coefficient (Wildman–Crippen LogP) is 2.17. The van der Waals surface area contributed by atoms with Crippen LogP contribution in [0.1, 0.15) is 20.3 Å². The molecule has 0 saturated heterocycles. The van der Waals surface area contributed by atoms with E-state index >= 15 is 0 Å². The molecule has 1 atom stereocenters. The smallest absolute Gasteiger partial charge is 0.226 e. The summed E-state index contributed by atoms with van der Waals surface area (Å²) in [6.07, 6.45) is 0.451. The van der Waals surface area contributed by atoms with E-state index in [4.69, 9.17) is 0 Å². The van der Waals surface area contributed by atoms with Crippen LogP contribution in [-0.2, 0) is 4.79 Å². The lowest BCUT2D eigenvalue weighted by Gasteiger charge is -2.20. The van der Waals surface area contributed by atoms with Gasteiger partial charge in [-0.1, -0.05) is 13.8 Å². The van der Waals surface area contributed by atoms with Crippen molar-refractivity contribution in [1.29, 1.82) is 0 Å². The summed E-state index contributed by atoms with van der Waals surface area (Å²) in [6, 6.07) is 5.01. The first kappa shape index (κ1) is 10.8. The third-order valence-corrected chi connectivity index (χ3v) is 2.83. The van der Waals surface area contributed by atoms with Crippen molar-refractivity contribution in [3.05, 3.63) is 18.2 Å². The number of anilines is 2. The van der Waals surface area contributed by atoms with Crippen molar-refractivity contribution in [2.24, 2.45) is 5.92 Å². The molecule has 4 heteroatoms. The van der Waals surface area contributed by atoms with Crippen molar-refractivity contribution in [1.82, 2.24) is 0 Å². The number of aromatic hydroxyl groups is 1. The fraction of sp³-hybridized carbons (Fsp3) is 0.417. The van der Waals surface area contributed by atoms with Gasteiger partial charge in [0, 0.05) is 18.5 Å². The van der Waals surface area contributed by atoms with Gasteiger partial charge < -0.3 is 15.7 Å². The van der Waals surface area contributed by atoms with Crippen molar-refractivity contribution in [2.75, 3.05) is 10.6 Å². The van der Waals surface area contributed by atoms with Gasteiger partial charge in [-0.3, -0.25) is 4.79 Å². The number of carbonyl (C=O) groups excluding carboxylic acids is 1. The van der Waals surface area contributed by atoms with E-state index in [2.05, 4.69) is 24.5 Å². The summed E-state index contributed by atoms with van der Waals surface area (Å²) in [4.78, 5) is 11.6. The molecule has 0 spiro atoms. The van der Waals surface area contributed by atoms with Gasteiger partial charge in [-0.25, -0.2) is 0 Å². The average Bonchev–Trinajstić information content (AvgIpc) is 2.36. The summed E-state index contributed by atoms with van der Waals surface area (Å²) in [5.74, 6) is 0.569. The normalized spacial score (nSPS) is 19.7. The van der Waals surface area contributed by atoms with E-state index in [-0.39, 0.29) is 17.7 Å². The number of phenolic OH excluding ortho intramolecular Hbond substituents is 1. The van der Waals surface area contributed by atoms with E-state index in [1.165, 1.54) is 0 Å². The number of fused-ring (bicyclic) bond motifs is 1. The molecule has 1 aromatic rings. The van der Waals surface area contributed by atoms with Gasteiger partial charge in [-0.05, 0) is 18.1 Å². The number of rotatable bonds is 1. The molecule has 1 amide bonds. The summed E-state index contributed by atoms with van der Waals surface area (Å²) in [6.45, 7) is 4.14. The Kier molecular flexibility index (Phi) is 2.73. The standard InChI is InChI=1S/C12H16N2O2/c1-7(2)10-6-12(16)14-9-4-3-8(15)5-11(9)13-10/h3-5,7,10,13,15H,6H2,1-2H3,(H,14,16). The highest BCUT2D eigenvalue weighted by Gasteiger charge is 2.22. The van der Waals surface area contributed by atoms with Gasteiger partial charge >= 0.3 is 0 Å². The summed E-state index contributed by atoms with van der Waals surface area (Å²) >= 11 is 0. The minimum Gasteiger partial charge on any atom is -0.508 e. The zero-order chi connectivity index (χ0) is 11.7. The highest BCUT2D eigenvalue weighted by Crippen LogP contribution is 2.30. The molecule has 1 heterocycles. The third kappa shape index (κ3) is 2.10. The quantitative estimate of drug-likeness (QED) is 0.636. The number of carbonyl (C=O) groups is 1. The first-order valence-electron chi connectivity index (χ1n) is 5.45. The van der Waals surface area contributed by atoms with Crippen LogP contribution < -0.4 is 10.6 Å². The van der Waals surface area contributed by atoms with Gasteiger partial charge in [0.25, 0.3) is 0 Å².